The van der Waals surface area contributed by atoms with Gasteiger partial charge in [0, 0.05) is 29.9 Å². The summed E-state index contributed by atoms with van der Waals surface area (Å²) in [6, 6.07) is 6.86. The molecule has 2 rings (SSSR count). The van der Waals surface area contributed by atoms with Crippen molar-refractivity contribution in [1.82, 2.24) is 9.97 Å². The summed E-state index contributed by atoms with van der Waals surface area (Å²) in [6.07, 6.45) is 1.94. The molecule has 2 aromatic rings. The maximum Gasteiger partial charge on any atom is 0.226 e. The van der Waals surface area contributed by atoms with Crippen molar-refractivity contribution in [3.8, 4) is 5.75 Å². The van der Waals surface area contributed by atoms with Crippen LogP contribution in [0.4, 0.5) is 11.6 Å². The lowest BCUT2D eigenvalue weighted by molar-refractivity contribution is -0.116. The number of aryl methyl sites for hydroxylation is 1. The third-order valence-electron chi connectivity index (χ3n) is 2.87. The van der Waals surface area contributed by atoms with E-state index in [4.69, 9.17) is 16.3 Å². The molecule has 0 aliphatic carbocycles. The van der Waals surface area contributed by atoms with E-state index < -0.39 is 0 Å². The number of amides is 1. The Morgan fingerprint density at radius 2 is 2.18 bits per heavy atom. The van der Waals surface area contributed by atoms with Crippen LogP contribution in [-0.4, -0.2) is 29.5 Å². The minimum absolute atomic E-state index is 0.152. The van der Waals surface area contributed by atoms with E-state index in [-0.39, 0.29) is 12.3 Å². The van der Waals surface area contributed by atoms with Crippen LogP contribution in [0.25, 0.3) is 0 Å². The van der Waals surface area contributed by atoms with Gasteiger partial charge < -0.3 is 15.4 Å². The first-order valence-corrected chi connectivity index (χ1v) is 7.13. The summed E-state index contributed by atoms with van der Waals surface area (Å²) in [5, 5.41) is 6.30. The zero-order valence-electron chi connectivity index (χ0n) is 12.4. The van der Waals surface area contributed by atoms with Gasteiger partial charge in [0.05, 0.1) is 12.8 Å². The average Bonchev–Trinajstić information content (AvgIpc) is 2.47. The largest absolute Gasteiger partial charge is 0.495 e. The number of hydrogen-bond acceptors (Lipinski definition) is 5. The molecule has 0 spiro atoms. The van der Waals surface area contributed by atoms with Crippen LogP contribution >= 0.6 is 11.6 Å². The number of benzene rings is 1. The number of nitrogens with one attached hydrogen (secondary N) is 2. The lowest BCUT2D eigenvalue weighted by Gasteiger charge is -2.11. The topological polar surface area (TPSA) is 76.1 Å². The van der Waals surface area contributed by atoms with Gasteiger partial charge in [0.15, 0.2) is 0 Å². The Hall–Kier alpha value is -2.34. The molecule has 116 valence electrons. The average molecular weight is 321 g/mol. The molecular weight excluding hydrogens is 304 g/mol. The second kappa shape index (κ2) is 7.61. The van der Waals surface area contributed by atoms with Gasteiger partial charge in [-0.05, 0) is 31.2 Å². The van der Waals surface area contributed by atoms with Gasteiger partial charge in [-0.3, -0.25) is 4.79 Å². The van der Waals surface area contributed by atoms with E-state index in [9.17, 15) is 4.79 Å². The predicted molar refractivity (Wildman–Crippen MR) is 86.5 cm³/mol. The highest BCUT2D eigenvalue weighted by atomic mass is 35.5. The van der Waals surface area contributed by atoms with Crippen LogP contribution in [0.1, 0.15) is 12.1 Å². The molecule has 22 heavy (non-hydrogen) atoms. The predicted octanol–water partition coefficient (Wildman–Crippen LogP) is 2.89. The third-order valence-corrected chi connectivity index (χ3v) is 3.10. The number of nitrogens with zero attached hydrogens (tertiary/aromatic N) is 2. The van der Waals surface area contributed by atoms with Crippen molar-refractivity contribution in [2.24, 2.45) is 0 Å². The molecule has 0 saturated carbocycles. The number of methoxy groups -OCH3 is 1. The Morgan fingerprint density at radius 1 is 1.36 bits per heavy atom. The molecule has 0 radical (unpaired) electrons. The Balaban J connectivity index is 1.87. The highest BCUT2D eigenvalue weighted by Crippen LogP contribution is 2.27. The molecule has 0 unspecified atom stereocenters. The van der Waals surface area contributed by atoms with Gasteiger partial charge in [-0.2, -0.15) is 0 Å². The number of anilines is 2. The summed E-state index contributed by atoms with van der Waals surface area (Å²) < 4.78 is 5.18. The number of ether oxygens (including phenoxy) is 1. The van der Waals surface area contributed by atoms with E-state index in [1.807, 2.05) is 13.0 Å². The van der Waals surface area contributed by atoms with Crippen molar-refractivity contribution in [2.45, 2.75) is 13.3 Å². The molecule has 0 fully saturated rings. The van der Waals surface area contributed by atoms with Gasteiger partial charge in [0.25, 0.3) is 0 Å². The standard InChI is InChI=1S/C15H17ClN4O2/c1-10-5-7-17-15(19-10)18-8-6-14(21)20-12-9-11(16)3-4-13(12)22-2/h3-5,7,9H,6,8H2,1-2H3,(H,20,21)(H,17,18,19). The highest BCUT2D eigenvalue weighted by Gasteiger charge is 2.08. The van der Waals surface area contributed by atoms with Crippen molar-refractivity contribution in [3.05, 3.63) is 41.2 Å². The summed E-state index contributed by atoms with van der Waals surface area (Å²) in [5.74, 6) is 0.918. The van der Waals surface area contributed by atoms with Crippen molar-refractivity contribution < 1.29 is 9.53 Å². The Morgan fingerprint density at radius 3 is 2.91 bits per heavy atom. The number of carbonyl (C=O) groups is 1. The minimum atomic E-state index is -0.152. The van der Waals surface area contributed by atoms with Crippen molar-refractivity contribution in [3.63, 3.8) is 0 Å². The normalized spacial score (nSPS) is 10.1. The quantitative estimate of drug-likeness (QED) is 0.856. The van der Waals surface area contributed by atoms with Crippen molar-refractivity contribution in [2.75, 3.05) is 24.3 Å². The fourth-order valence-electron chi connectivity index (χ4n) is 1.81. The fraction of sp³-hybridized carbons (Fsp3) is 0.267. The van der Waals surface area contributed by atoms with E-state index in [0.717, 1.165) is 5.69 Å². The first-order valence-electron chi connectivity index (χ1n) is 6.75. The third kappa shape index (κ3) is 4.60. The van der Waals surface area contributed by atoms with E-state index in [1.54, 1.807) is 24.4 Å². The Bertz CT molecular complexity index is 664. The summed E-state index contributed by atoms with van der Waals surface area (Å²) in [5.41, 5.74) is 1.41. The molecule has 1 aromatic carbocycles. The van der Waals surface area contributed by atoms with Gasteiger partial charge >= 0.3 is 0 Å². The van der Waals surface area contributed by atoms with Crippen LogP contribution < -0.4 is 15.4 Å². The Labute approximate surface area is 133 Å². The first-order chi connectivity index (χ1) is 10.6. The van der Waals surface area contributed by atoms with Crippen molar-refractivity contribution in [1.29, 1.82) is 0 Å². The van der Waals surface area contributed by atoms with Crippen LogP contribution in [0.5, 0.6) is 5.75 Å². The second-order valence-electron chi connectivity index (χ2n) is 4.59. The molecule has 2 N–H and O–H groups in total. The minimum Gasteiger partial charge on any atom is -0.495 e. The van der Waals surface area contributed by atoms with Gasteiger partial charge in [0.2, 0.25) is 11.9 Å². The van der Waals surface area contributed by atoms with Gasteiger partial charge in [-0.15, -0.1) is 0 Å². The highest BCUT2D eigenvalue weighted by molar-refractivity contribution is 6.31. The number of carbonyl (C=O) groups excluding carboxylic acids is 1. The maximum absolute atomic E-state index is 12.0. The van der Waals surface area contributed by atoms with Gasteiger partial charge in [-0.1, -0.05) is 11.6 Å². The van der Waals surface area contributed by atoms with Crippen LogP contribution in [-0.2, 0) is 4.79 Å². The summed E-state index contributed by atoms with van der Waals surface area (Å²) in [4.78, 5) is 20.2. The molecule has 0 aliphatic rings. The molecule has 1 amide bonds. The van der Waals surface area contributed by atoms with E-state index >= 15 is 0 Å². The van der Waals surface area contributed by atoms with Gasteiger partial charge in [0.1, 0.15) is 5.75 Å². The van der Waals surface area contributed by atoms with Crippen LogP contribution in [0.15, 0.2) is 30.5 Å². The summed E-state index contributed by atoms with van der Waals surface area (Å²) in [6.45, 7) is 2.31. The smallest absolute Gasteiger partial charge is 0.226 e. The van der Waals surface area contributed by atoms with Gasteiger partial charge in [-0.25, -0.2) is 9.97 Å². The van der Waals surface area contributed by atoms with Crippen molar-refractivity contribution >= 4 is 29.1 Å². The maximum atomic E-state index is 12.0. The molecule has 1 heterocycles. The van der Waals surface area contributed by atoms with E-state index in [2.05, 4.69) is 20.6 Å². The van der Waals surface area contributed by atoms with E-state index in [0.29, 0.717) is 29.0 Å². The Kier molecular flexibility index (Phi) is 5.55. The fourth-order valence-corrected chi connectivity index (χ4v) is 1.98. The summed E-state index contributed by atoms with van der Waals surface area (Å²) in [7, 11) is 1.54. The van der Waals surface area contributed by atoms with E-state index in [1.165, 1.54) is 7.11 Å². The summed E-state index contributed by atoms with van der Waals surface area (Å²) >= 11 is 5.92. The number of aromatic nitrogens is 2. The molecule has 0 bridgehead atoms. The molecule has 1 aromatic heterocycles. The second-order valence-corrected chi connectivity index (χ2v) is 5.03. The number of rotatable bonds is 6. The molecule has 0 saturated heterocycles. The monoisotopic (exact) mass is 320 g/mol. The molecular formula is C15H17ClN4O2. The lowest BCUT2D eigenvalue weighted by Crippen LogP contribution is -2.17. The zero-order chi connectivity index (χ0) is 15.9. The van der Waals surface area contributed by atoms with Crippen LogP contribution in [0.2, 0.25) is 5.02 Å². The zero-order valence-corrected chi connectivity index (χ0v) is 13.1. The molecule has 0 atom stereocenters. The van der Waals surface area contributed by atoms with Crippen LogP contribution in [0.3, 0.4) is 0 Å². The molecule has 7 heteroatoms. The lowest BCUT2D eigenvalue weighted by atomic mass is 10.2. The first kappa shape index (κ1) is 16.0. The molecule has 6 nitrogen and oxygen atoms in total. The van der Waals surface area contributed by atoms with Crippen LogP contribution in [0, 0.1) is 6.92 Å². The molecule has 0 aliphatic heterocycles. The number of halogens is 1. The SMILES string of the molecule is COc1ccc(Cl)cc1NC(=O)CCNc1nccc(C)n1. The number of hydrogen-bond donors (Lipinski definition) is 2.